The van der Waals surface area contributed by atoms with E-state index in [1.54, 1.807) is 0 Å². The molecular weight excluding hydrogens is 232 g/mol. The van der Waals surface area contributed by atoms with Crippen molar-refractivity contribution in [3.05, 3.63) is 29.8 Å². The second kappa shape index (κ2) is 5.54. The van der Waals surface area contributed by atoms with E-state index >= 15 is 0 Å². The Labute approximate surface area is 117 Å². The van der Waals surface area contributed by atoms with Crippen LogP contribution < -0.4 is 10.2 Å². The molecule has 1 aromatic rings. The summed E-state index contributed by atoms with van der Waals surface area (Å²) in [6.07, 6.45) is 5.67. The van der Waals surface area contributed by atoms with E-state index < -0.39 is 0 Å². The van der Waals surface area contributed by atoms with Gasteiger partial charge in [0.15, 0.2) is 0 Å². The number of anilines is 1. The summed E-state index contributed by atoms with van der Waals surface area (Å²) in [4.78, 5) is 2.65. The number of nitrogens with zero attached hydrogens (tertiary/aromatic N) is 1. The van der Waals surface area contributed by atoms with E-state index in [0.29, 0.717) is 6.04 Å². The Morgan fingerprint density at radius 3 is 2.32 bits per heavy atom. The van der Waals surface area contributed by atoms with E-state index in [4.69, 9.17) is 0 Å². The van der Waals surface area contributed by atoms with Crippen LogP contribution in [0.15, 0.2) is 24.3 Å². The molecule has 0 heterocycles. The van der Waals surface area contributed by atoms with E-state index in [-0.39, 0.29) is 0 Å². The minimum Gasteiger partial charge on any atom is -0.368 e. The quantitative estimate of drug-likeness (QED) is 0.804. The monoisotopic (exact) mass is 258 g/mol. The molecule has 0 atom stereocenters. The first-order valence-corrected chi connectivity index (χ1v) is 7.81. The maximum absolute atomic E-state index is 3.47. The molecule has 104 valence electrons. The van der Waals surface area contributed by atoms with Crippen molar-refractivity contribution in [2.45, 2.75) is 58.2 Å². The van der Waals surface area contributed by atoms with Crippen LogP contribution in [-0.4, -0.2) is 18.6 Å². The van der Waals surface area contributed by atoms with Gasteiger partial charge in [-0.15, -0.1) is 0 Å². The molecule has 0 radical (unpaired) electrons. The summed E-state index contributed by atoms with van der Waals surface area (Å²) >= 11 is 0. The summed E-state index contributed by atoms with van der Waals surface area (Å²) in [5.74, 6) is 0.975. The van der Waals surface area contributed by atoms with Gasteiger partial charge in [-0.05, 0) is 49.3 Å². The van der Waals surface area contributed by atoms with Gasteiger partial charge in [0.1, 0.15) is 0 Å². The highest BCUT2D eigenvalue weighted by atomic mass is 15.2. The molecule has 0 amide bonds. The lowest BCUT2D eigenvalue weighted by Crippen LogP contribution is -2.28. The number of hydrogen-bond donors (Lipinski definition) is 1. The van der Waals surface area contributed by atoms with Crippen LogP contribution in [0.4, 0.5) is 5.69 Å². The predicted molar refractivity (Wildman–Crippen MR) is 81.5 cm³/mol. The van der Waals surface area contributed by atoms with Crippen LogP contribution in [0.1, 0.15) is 45.1 Å². The minimum atomic E-state index is 0.553. The molecule has 19 heavy (non-hydrogen) atoms. The minimum absolute atomic E-state index is 0.553. The van der Waals surface area contributed by atoms with E-state index in [0.717, 1.165) is 18.5 Å². The van der Waals surface area contributed by atoms with Crippen LogP contribution in [0.25, 0.3) is 0 Å². The highest BCUT2D eigenvalue weighted by Gasteiger charge is 2.33. The topological polar surface area (TPSA) is 15.3 Å². The molecule has 0 unspecified atom stereocenters. The van der Waals surface area contributed by atoms with Crippen molar-refractivity contribution in [1.82, 2.24) is 5.32 Å². The summed E-state index contributed by atoms with van der Waals surface area (Å²) in [6.45, 7) is 6.65. The van der Waals surface area contributed by atoms with Gasteiger partial charge < -0.3 is 10.2 Å². The maximum Gasteiger partial charge on any atom is 0.0368 e. The van der Waals surface area contributed by atoms with Crippen LogP contribution in [0.5, 0.6) is 0 Å². The molecule has 1 N–H and O–H groups in total. The zero-order chi connectivity index (χ0) is 13.2. The molecule has 3 rings (SSSR count). The smallest absolute Gasteiger partial charge is 0.0368 e. The predicted octanol–water partition coefficient (Wildman–Crippen LogP) is 3.56. The van der Waals surface area contributed by atoms with Gasteiger partial charge in [-0.3, -0.25) is 0 Å². The van der Waals surface area contributed by atoms with Crippen molar-refractivity contribution >= 4 is 5.69 Å². The first-order valence-electron chi connectivity index (χ1n) is 7.81. The molecule has 0 aromatic heterocycles. The standard InChI is InChI=1S/C17H26N2/c1-13(2)18-11-14-5-7-16(8-6-14)19(17-9-10-17)12-15-3-4-15/h5-8,13,15,17-18H,3-4,9-12H2,1-2H3. The average molecular weight is 258 g/mol. The van der Waals surface area contributed by atoms with Crippen molar-refractivity contribution in [3.63, 3.8) is 0 Å². The third-order valence-corrected chi connectivity index (χ3v) is 4.12. The molecule has 0 aliphatic heterocycles. The van der Waals surface area contributed by atoms with Crippen molar-refractivity contribution in [2.24, 2.45) is 5.92 Å². The van der Waals surface area contributed by atoms with Gasteiger partial charge in [-0.25, -0.2) is 0 Å². The Kier molecular flexibility index (Phi) is 3.79. The molecule has 0 spiro atoms. The van der Waals surface area contributed by atoms with Crippen molar-refractivity contribution < 1.29 is 0 Å². The molecule has 0 bridgehead atoms. The fourth-order valence-electron chi connectivity index (χ4n) is 2.56. The lowest BCUT2D eigenvalue weighted by molar-refractivity contribution is 0.589. The average Bonchev–Trinajstić information content (AvgIpc) is 3.27. The Morgan fingerprint density at radius 1 is 1.11 bits per heavy atom. The molecule has 2 saturated carbocycles. The van der Waals surface area contributed by atoms with Gasteiger partial charge >= 0.3 is 0 Å². The van der Waals surface area contributed by atoms with Crippen molar-refractivity contribution in [2.75, 3.05) is 11.4 Å². The van der Waals surface area contributed by atoms with Gasteiger partial charge in [0.05, 0.1) is 0 Å². The molecule has 2 heteroatoms. The van der Waals surface area contributed by atoms with Crippen molar-refractivity contribution in [1.29, 1.82) is 0 Å². The SMILES string of the molecule is CC(C)NCc1ccc(N(CC2CC2)C2CC2)cc1. The second-order valence-corrected chi connectivity index (χ2v) is 6.53. The molecule has 0 saturated heterocycles. The van der Waals surface area contributed by atoms with Gasteiger partial charge in [0.25, 0.3) is 0 Å². The third kappa shape index (κ3) is 3.73. The number of benzene rings is 1. The fraction of sp³-hybridized carbons (Fsp3) is 0.647. The fourth-order valence-corrected chi connectivity index (χ4v) is 2.56. The summed E-state index contributed by atoms with van der Waals surface area (Å²) < 4.78 is 0. The molecule has 2 aliphatic rings. The highest BCUT2D eigenvalue weighted by Crippen LogP contribution is 2.37. The van der Waals surface area contributed by atoms with Crippen LogP contribution in [0, 0.1) is 5.92 Å². The number of nitrogens with one attached hydrogen (secondary N) is 1. The highest BCUT2D eigenvalue weighted by molar-refractivity contribution is 5.50. The van der Waals surface area contributed by atoms with E-state index in [2.05, 4.69) is 48.3 Å². The first kappa shape index (κ1) is 13.0. The van der Waals surface area contributed by atoms with Gasteiger partial charge in [-0.1, -0.05) is 26.0 Å². The van der Waals surface area contributed by atoms with Gasteiger partial charge in [-0.2, -0.15) is 0 Å². The number of rotatable bonds is 7. The molecule has 2 nitrogen and oxygen atoms in total. The Balaban J connectivity index is 1.62. The third-order valence-electron chi connectivity index (χ3n) is 4.12. The van der Waals surface area contributed by atoms with Crippen LogP contribution in [0.2, 0.25) is 0 Å². The number of hydrogen-bond acceptors (Lipinski definition) is 2. The van der Waals surface area contributed by atoms with E-state index in [1.807, 2.05) is 0 Å². The van der Waals surface area contributed by atoms with Crippen LogP contribution in [-0.2, 0) is 6.54 Å². The Bertz CT molecular complexity index is 402. The molecule has 1 aromatic carbocycles. The van der Waals surface area contributed by atoms with Crippen LogP contribution in [0.3, 0.4) is 0 Å². The molecular formula is C17H26N2. The molecule has 2 fully saturated rings. The zero-order valence-electron chi connectivity index (χ0n) is 12.2. The maximum atomic E-state index is 3.47. The first-order chi connectivity index (χ1) is 9.22. The van der Waals surface area contributed by atoms with Crippen molar-refractivity contribution in [3.8, 4) is 0 Å². The Morgan fingerprint density at radius 2 is 1.79 bits per heavy atom. The van der Waals surface area contributed by atoms with E-state index in [9.17, 15) is 0 Å². The zero-order valence-corrected chi connectivity index (χ0v) is 12.2. The lowest BCUT2D eigenvalue weighted by Gasteiger charge is -2.25. The van der Waals surface area contributed by atoms with Gasteiger partial charge in [0.2, 0.25) is 0 Å². The van der Waals surface area contributed by atoms with E-state index in [1.165, 1.54) is 43.5 Å². The summed E-state index contributed by atoms with van der Waals surface area (Å²) in [7, 11) is 0. The summed E-state index contributed by atoms with van der Waals surface area (Å²) in [6, 6.07) is 10.6. The summed E-state index contributed by atoms with van der Waals surface area (Å²) in [5.41, 5.74) is 2.82. The molecule has 2 aliphatic carbocycles. The van der Waals surface area contributed by atoms with Crippen LogP contribution >= 0.6 is 0 Å². The lowest BCUT2D eigenvalue weighted by atomic mass is 10.1. The van der Waals surface area contributed by atoms with Gasteiger partial charge in [0, 0.05) is 30.9 Å². The largest absolute Gasteiger partial charge is 0.368 e. The summed E-state index contributed by atoms with van der Waals surface area (Å²) in [5, 5.41) is 3.47. The second-order valence-electron chi connectivity index (χ2n) is 6.53. The normalized spacial score (nSPS) is 18.9. The Hall–Kier alpha value is -1.02.